The zero-order chi connectivity index (χ0) is 22.7. The van der Waals surface area contributed by atoms with Gasteiger partial charge in [0.15, 0.2) is 0 Å². The van der Waals surface area contributed by atoms with E-state index in [2.05, 4.69) is 40.8 Å². The quantitative estimate of drug-likeness (QED) is 0.382. The minimum atomic E-state index is -0.0307. The van der Waals surface area contributed by atoms with Crippen molar-refractivity contribution in [3.63, 3.8) is 0 Å². The number of nitrogens with zero attached hydrogens (tertiary/aromatic N) is 3. The van der Waals surface area contributed by atoms with Gasteiger partial charge in [0.2, 0.25) is 5.91 Å². The molecule has 1 amide bonds. The Morgan fingerprint density at radius 3 is 2.62 bits per heavy atom. The molecule has 5 nitrogen and oxygen atoms in total. The normalized spacial score (nSPS) is 11.1. The van der Waals surface area contributed by atoms with Gasteiger partial charge in [0.25, 0.3) is 0 Å². The predicted octanol–water partition coefficient (Wildman–Crippen LogP) is 5.65. The maximum atomic E-state index is 12.5. The van der Waals surface area contributed by atoms with E-state index in [4.69, 9.17) is 28.2 Å². The average molecular weight is 467 g/mol. The molecule has 0 aliphatic carbocycles. The van der Waals surface area contributed by atoms with E-state index in [0.29, 0.717) is 36.0 Å². The minimum Gasteiger partial charge on any atom is -0.350 e. The Kier molecular flexibility index (Phi) is 6.77. The van der Waals surface area contributed by atoms with Gasteiger partial charge in [0, 0.05) is 35.6 Å². The third-order valence-corrected chi connectivity index (χ3v) is 6.15. The van der Waals surface area contributed by atoms with Crippen molar-refractivity contribution < 1.29 is 4.79 Å². The van der Waals surface area contributed by atoms with Gasteiger partial charge in [0.05, 0.1) is 23.3 Å². The first-order chi connectivity index (χ1) is 15.4. The number of pyridine rings is 1. The molecule has 0 bridgehead atoms. The van der Waals surface area contributed by atoms with Crippen molar-refractivity contribution in [3.05, 3.63) is 93.0 Å². The first-order valence-corrected chi connectivity index (χ1v) is 11.2. The number of benzene rings is 2. The van der Waals surface area contributed by atoms with E-state index in [0.717, 1.165) is 28.1 Å². The van der Waals surface area contributed by atoms with Crippen LogP contribution in [-0.2, 0) is 24.3 Å². The van der Waals surface area contributed by atoms with Crippen molar-refractivity contribution in [3.8, 4) is 0 Å². The summed E-state index contributed by atoms with van der Waals surface area (Å²) in [6, 6.07) is 15.4. The van der Waals surface area contributed by atoms with Gasteiger partial charge in [-0.05, 0) is 66.9 Å². The second kappa shape index (κ2) is 9.72. The highest BCUT2D eigenvalue weighted by Gasteiger charge is 2.15. The lowest BCUT2D eigenvalue weighted by Gasteiger charge is -2.11. The van der Waals surface area contributed by atoms with E-state index >= 15 is 0 Å². The van der Waals surface area contributed by atoms with Gasteiger partial charge in [-0.15, -0.1) is 0 Å². The SMILES string of the molecule is Cc1cc2nc(Cc3ccc(Cl)cc3Cl)n(CCC(=O)NCc3ccccn3)c2cc1C. The van der Waals surface area contributed by atoms with Crippen LogP contribution in [0.5, 0.6) is 0 Å². The molecule has 2 aromatic carbocycles. The molecule has 0 saturated carbocycles. The number of nitrogens with one attached hydrogen (secondary N) is 1. The van der Waals surface area contributed by atoms with Crippen LogP contribution >= 0.6 is 23.2 Å². The summed E-state index contributed by atoms with van der Waals surface area (Å²) >= 11 is 12.5. The number of rotatable bonds is 7. The largest absolute Gasteiger partial charge is 0.350 e. The van der Waals surface area contributed by atoms with Crippen LogP contribution in [0.4, 0.5) is 0 Å². The molecule has 0 aliphatic rings. The van der Waals surface area contributed by atoms with E-state index in [1.807, 2.05) is 30.3 Å². The molecule has 32 heavy (non-hydrogen) atoms. The Balaban J connectivity index is 1.57. The van der Waals surface area contributed by atoms with Crippen LogP contribution in [0.25, 0.3) is 11.0 Å². The van der Waals surface area contributed by atoms with Crippen molar-refractivity contribution in [1.29, 1.82) is 0 Å². The fraction of sp³-hybridized carbons (Fsp3) is 0.240. The van der Waals surface area contributed by atoms with Gasteiger partial charge in [-0.1, -0.05) is 35.3 Å². The molecule has 0 radical (unpaired) electrons. The summed E-state index contributed by atoms with van der Waals surface area (Å²) in [6.07, 6.45) is 2.61. The van der Waals surface area contributed by atoms with Gasteiger partial charge >= 0.3 is 0 Å². The number of aryl methyl sites for hydroxylation is 3. The Morgan fingerprint density at radius 1 is 1.06 bits per heavy atom. The molecule has 164 valence electrons. The van der Waals surface area contributed by atoms with E-state index in [1.54, 1.807) is 12.3 Å². The number of halogens is 2. The van der Waals surface area contributed by atoms with Crippen molar-refractivity contribution in [2.75, 3.05) is 0 Å². The van der Waals surface area contributed by atoms with Gasteiger partial charge in [-0.3, -0.25) is 9.78 Å². The van der Waals surface area contributed by atoms with Gasteiger partial charge in [0.1, 0.15) is 5.82 Å². The summed E-state index contributed by atoms with van der Waals surface area (Å²) in [6.45, 7) is 5.10. The number of fused-ring (bicyclic) bond motifs is 1. The molecule has 7 heteroatoms. The van der Waals surface area contributed by atoms with Crippen LogP contribution < -0.4 is 5.32 Å². The summed E-state index contributed by atoms with van der Waals surface area (Å²) < 4.78 is 2.12. The Bertz CT molecular complexity index is 1270. The maximum Gasteiger partial charge on any atom is 0.222 e. The highest BCUT2D eigenvalue weighted by Crippen LogP contribution is 2.26. The smallest absolute Gasteiger partial charge is 0.222 e. The highest BCUT2D eigenvalue weighted by molar-refractivity contribution is 6.35. The van der Waals surface area contributed by atoms with Crippen LogP contribution in [0.15, 0.2) is 54.7 Å². The van der Waals surface area contributed by atoms with Crippen molar-refractivity contribution >= 4 is 40.1 Å². The zero-order valence-corrected chi connectivity index (χ0v) is 19.5. The Morgan fingerprint density at radius 2 is 1.88 bits per heavy atom. The molecule has 0 aliphatic heterocycles. The number of hydrogen-bond acceptors (Lipinski definition) is 3. The summed E-state index contributed by atoms with van der Waals surface area (Å²) in [5, 5.41) is 4.15. The van der Waals surface area contributed by atoms with Gasteiger partial charge in [-0.2, -0.15) is 0 Å². The molecule has 0 unspecified atom stereocenters. The number of amides is 1. The molecular formula is C25H24Cl2N4O. The van der Waals surface area contributed by atoms with Crippen LogP contribution in [0.1, 0.15) is 34.6 Å². The summed E-state index contributed by atoms with van der Waals surface area (Å²) in [5.74, 6) is 0.837. The number of aromatic nitrogens is 3. The molecule has 0 fully saturated rings. The topological polar surface area (TPSA) is 59.8 Å². The molecule has 0 spiro atoms. The van der Waals surface area contributed by atoms with Crippen LogP contribution in [-0.4, -0.2) is 20.4 Å². The van der Waals surface area contributed by atoms with Crippen LogP contribution in [0.2, 0.25) is 10.0 Å². The number of imidazole rings is 1. The number of carbonyl (C=O) groups is 1. The van der Waals surface area contributed by atoms with E-state index in [9.17, 15) is 4.79 Å². The van der Waals surface area contributed by atoms with Crippen LogP contribution in [0.3, 0.4) is 0 Å². The van der Waals surface area contributed by atoms with Crippen molar-refractivity contribution in [2.24, 2.45) is 0 Å². The molecule has 2 heterocycles. The maximum absolute atomic E-state index is 12.5. The van der Waals surface area contributed by atoms with E-state index < -0.39 is 0 Å². The first kappa shape index (κ1) is 22.3. The molecule has 0 saturated heterocycles. The Hall–Kier alpha value is -2.89. The van der Waals surface area contributed by atoms with Crippen molar-refractivity contribution in [2.45, 2.75) is 39.8 Å². The predicted molar refractivity (Wildman–Crippen MR) is 129 cm³/mol. The lowest BCUT2D eigenvalue weighted by atomic mass is 10.1. The summed E-state index contributed by atoms with van der Waals surface area (Å²) in [5.41, 5.74) is 6.09. The lowest BCUT2D eigenvalue weighted by Crippen LogP contribution is -2.24. The number of carbonyl (C=O) groups excluding carboxylic acids is 1. The molecule has 4 aromatic rings. The molecule has 4 rings (SSSR count). The second-order valence-electron chi connectivity index (χ2n) is 7.87. The third kappa shape index (κ3) is 5.12. The highest BCUT2D eigenvalue weighted by atomic mass is 35.5. The molecular weight excluding hydrogens is 443 g/mol. The minimum absolute atomic E-state index is 0.0307. The molecule has 1 N–H and O–H groups in total. The van der Waals surface area contributed by atoms with Crippen molar-refractivity contribution in [1.82, 2.24) is 19.9 Å². The standard InChI is InChI=1S/C25H24Cl2N4O/c1-16-11-22-23(12-17(16)2)31(10-8-25(32)29-15-20-5-3-4-9-28-20)24(30-22)13-18-6-7-19(26)14-21(18)27/h3-7,9,11-12,14H,8,10,13,15H2,1-2H3,(H,29,32). The van der Waals surface area contributed by atoms with Gasteiger partial charge in [-0.25, -0.2) is 4.98 Å². The van der Waals surface area contributed by atoms with Gasteiger partial charge < -0.3 is 9.88 Å². The second-order valence-corrected chi connectivity index (χ2v) is 8.71. The number of hydrogen-bond donors (Lipinski definition) is 1. The summed E-state index contributed by atoms with van der Waals surface area (Å²) in [4.78, 5) is 21.6. The fourth-order valence-corrected chi connectivity index (χ4v) is 4.12. The summed E-state index contributed by atoms with van der Waals surface area (Å²) in [7, 11) is 0. The average Bonchev–Trinajstić information content (AvgIpc) is 3.09. The third-order valence-electron chi connectivity index (χ3n) is 5.56. The van der Waals surface area contributed by atoms with Crippen LogP contribution in [0, 0.1) is 13.8 Å². The first-order valence-electron chi connectivity index (χ1n) is 10.5. The zero-order valence-electron chi connectivity index (χ0n) is 18.0. The fourth-order valence-electron chi connectivity index (χ4n) is 3.64. The molecule has 0 atom stereocenters. The monoisotopic (exact) mass is 466 g/mol. The Labute approximate surface area is 197 Å². The lowest BCUT2D eigenvalue weighted by molar-refractivity contribution is -0.121. The molecule has 2 aromatic heterocycles. The van der Waals surface area contributed by atoms with E-state index in [-0.39, 0.29) is 5.91 Å². The van der Waals surface area contributed by atoms with E-state index in [1.165, 1.54) is 11.1 Å².